The highest BCUT2D eigenvalue weighted by Gasteiger charge is 2.30. The summed E-state index contributed by atoms with van der Waals surface area (Å²) in [5, 5.41) is 10.2. The van der Waals surface area contributed by atoms with E-state index in [0.717, 1.165) is 18.3 Å². The summed E-state index contributed by atoms with van der Waals surface area (Å²) in [4.78, 5) is 4.11. The van der Waals surface area contributed by atoms with E-state index in [0.29, 0.717) is 6.04 Å². The predicted octanol–water partition coefficient (Wildman–Crippen LogP) is 2.15. The van der Waals surface area contributed by atoms with Crippen molar-refractivity contribution in [1.29, 1.82) is 0 Å². The minimum atomic E-state index is 0.611. The third-order valence-corrected chi connectivity index (χ3v) is 3.79. The fourth-order valence-corrected chi connectivity index (χ4v) is 2.64. The van der Waals surface area contributed by atoms with Crippen LogP contribution in [0.2, 0.25) is 0 Å². The number of aryl methyl sites for hydroxylation is 1. The maximum absolute atomic E-state index is 4.11. The summed E-state index contributed by atoms with van der Waals surface area (Å²) >= 11 is 0. The zero-order valence-electron chi connectivity index (χ0n) is 10.6. The van der Waals surface area contributed by atoms with Crippen LogP contribution in [0.25, 0.3) is 0 Å². The number of nitrogens with one attached hydrogen (secondary N) is 2. The first-order valence-corrected chi connectivity index (χ1v) is 6.46. The molecule has 1 aliphatic carbocycles. The van der Waals surface area contributed by atoms with E-state index < -0.39 is 0 Å². The lowest BCUT2D eigenvalue weighted by atomic mass is 9.74. The molecule has 4 heteroatoms. The van der Waals surface area contributed by atoms with E-state index in [1.54, 1.807) is 6.33 Å². The van der Waals surface area contributed by atoms with Crippen LogP contribution in [0.3, 0.4) is 0 Å². The molecule has 94 valence electrons. The third-order valence-electron chi connectivity index (χ3n) is 3.79. The van der Waals surface area contributed by atoms with Crippen LogP contribution in [-0.2, 0) is 6.54 Å². The standard InChI is InChI=1S/C14H18N4/c1-10-4-2-3-5-13(10)11-6-12(7-11)15-8-14-16-9-17-18-14/h2-5,9,11-12,15H,6-8H2,1H3,(H,16,17,18). The molecule has 4 nitrogen and oxygen atoms in total. The Bertz CT molecular complexity index is 500. The second kappa shape index (κ2) is 4.90. The Morgan fingerprint density at radius 2 is 2.17 bits per heavy atom. The molecule has 1 heterocycles. The average Bonchev–Trinajstić information content (AvgIpc) is 2.82. The summed E-state index contributed by atoms with van der Waals surface area (Å²) in [5.74, 6) is 1.63. The van der Waals surface area contributed by atoms with Gasteiger partial charge in [-0.3, -0.25) is 5.10 Å². The monoisotopic (exact) mass is 242 g/mol. The van der Waals surface area contributed by atoms with Crippen molar-refractivity contribution >= 4 is 0 Å². The van der Waals surface area contributed by atoms with Gasteiger partial charge in [-0.15, -0.1) is 0 Å². The first-order valence-electron chi connectivity index (χ1n) is 6.46. The van der Waals surface area contributed by atoms with Crippen LogP contribution in [0.4, 0.5) is 0 Å². The van der Waals surface area contributed by atoms with E-state index in [-0.39, 0.29) is 0 Å². The average molecular weight is 242 g/mol. The van der Waals surface area contributed by atoms with Gasteiger partial charge in [-0.2, -0.15) is 5.10 Å². The first-order chi connectivity index (χ1) is 8.83. The highest BCUT2D eigenvalue weighted by atomic mass is 15.2. The van der Waals surface area contributed by atoms with E-state index >= 15 is 0 Å². The van der Waals surface area contributed by atoms with Gasteiger partial charge in [0.2, 0.25) is 0 Å². The predicted molar refractivity (Wildman–Crippen MR) is 70.2 cm³/mol. The maximum atomic E-state index is 4.11. The second-order valence-electron chi connectivity index (χ2n) is 5.03. The normalized spacial score (nSPS) is 22.7. The van der Waals surface area contributed by atoms with E-state index in [2.05, 4.69) is 51.7 Å². The molecule has 18 heavy (non-hydrogen) atoms. The molecule has 1 aromatic heterocycles. The fourth-order valence-electron chi connectivity index (χ4n) is 2.64. The Balaban J connectivity index is 1.50. The number of aromatic nitrogens is 3. The lowest BCUT2D eigenvalue weighted by Gasteiger charge is -2.37. The summed E-state index contributed by atoms with van der Waals surface area (Å²) in [5.41, 5.74) is 2.92. The summed E-state index contributed by atoms with van der Waals surface area (Å²) < 4.78 is 0. The lowest BCUT2D eigenvalue weighted by Crippen LogP contribution is -2.40. The zero-order chi connectivity index (χ0) is 12.4. The van der Waals surface area contributed by atoms with Crippen molar-refractivity contribution in [3.8, 4) is 0 Å². The number of hydrogen-bond acceptors (Lipinski definition) is 3. The van der Waals surface area contributed by atoms with E-state index in [1.165, 1.54) is 24.0 Å². The third kappa shape index (κ3) is 2.29. The van der Waals surface area contributed by atoms with Gasteiger partial charge in [0.15, 0.2) is 0 Å². The Kier molecular flexibility index (Phi) is 3.11. The van der Waals surface area contributed by atoms with Crippen LogP contribution in [0, 0.1) is 6.92 Å². The zero-order valence-corrected chi connectivity index (χ0v) is 10.6. The van der Waals surface area contributed by atoms with Gasteiger partial charge in [0.25, 0.3) is 0 Å². The van der Waals surface area contributed by atoms with Crippen LogP contribution in [-0.4, -0.2) is 21.2 Å². The largest absolute Gasteiger partial charge is 0.307 e. The maximum Gasteiger partial charge on any atom is 0.138 e. The molecule has 0 amide bonds. The second-order valence-corrected chi connectivity index (χ2v) is 5.03. The van der Waals surface area contributed by atoms with E-state index in [4.69, 9.17) is 0 Å². The number of benzene rings is 1. The fraction of sp³-hybridized carbons (Fsp3) is 0.429. The molecule has 0 unspecified atom stereocenters. The topological polar surface area (TPSA) is 53.6 Å². The van der Waals surface area contributed by atoms with Gasteiger partial charge in [-0.05, 0) is 36.8 Å². The van der Waals surface area contributed by atoms with Crippen molar-refractivity contribution in [3.05, 3.63) is 47.5 Å². The highest BCUT2D eigenvalue weighted by molar-refractivity contribution is 5.31. The minimum absolute atomic E-state index is 0.611. The molecule has 1 fully saturated rings. The van der Waals surface area contributed by atoms with Crippen LogP contribution in [0.1, 0.15) is 35.7 Å². The van der Waals surface area contributed by atoms with Crippen molar-refractivity contribution in [2.75, 3.05) is 0 Å². The molecule has 3 rings (SSSR count). The van der Waals surface area contributed by atoms with Gasteiger partial charge in [0.05, 0.1) is 6.54 Å². The van der Waals surface area contributed by atoms with Gasteiger partial charge in [0.1, 0.15) is 12.2 Å². The number of H-pyrrole nitrogens is 1. The molecule has 1 aromatic carbocycles. The van der Waals surface area contributed by atoms with Crippen molar-refractivity contribution in [2.24, 2.45) is 0 Å². The Hall–Kier alpha value is -1.68. The molecule has 0 atom stereocenters. The quantitative estimate of drug-likeness (QED) is 0.863. The summed E-state index contributed by atoms with van der Waals surface area (Å²) in [7, 11) is 0. The first kappa shape index (κ1) is 11.4. The SMILES string of the molecule is Cc1ccccc1C1CC(NCc2ncn[nH]2)C1. The molecule has 0 radical (unpaired) electrons. The molecule has 2 N–H and O–H groups in total. The number of hydrogen-bond donors (Lipinski definition) is 2. The van der Waals surface area contributed by atoms with Crippen LogP contribution < -0.4 is 5.32 Å². The van der Waals surface area contributed by atoms with Crippen LogP contribution >= 0.6 is 0 Å². The van der Waals surface area contributed by atoms with E-state index in [1.807, 2.05) is 0 Å². The van der Waals surface area contributed by atoms with Crippen LogP contribution in [0.5, 0.6) is 0 Å². The molecule has 0 spiro atoms. The highest BCUT2D eigenvalue weighted by Crippen LogP contribution is 2.38. The Morgan fingerprint density at radius 1 is 1.33 bits per heavy atom. The number of nitrogens with zero attached hydrogens (tertiary/aromatic N) is 2. The molecule has 1 aliphatic rings. The Labute approximate surface area is 107 Å². The molecule has 0 aliphatic heterocycles. The molecular weight excluding hydrogens is 224 g/mol. The molecule has 1 saturated carbocycles. The summed E-state index contributed by atoms with van der Waals surface area (Å²) in [6.07, 6.45) is 3.99. The number of rotatable bonds is 4. The molecular formula is C14H18N4. The van der Waals surface area contributed by atoms with Crippen molar-refractivity contribution in [3.63, 3.8) is 0 Å². The lowest BCUT2D eigenvalue weighted by molar-refractivity contribution is 0.287. The van der Waals surface area contributed by atoms with Crippen LogP contribution in [0.15, 0.2) is 30.6 Å². The van der Waals surface area contributed by atoms with E-state index in [9.17, 15) is 0 Å². The molecule has 2 aromatic rings. The van der Waals surface area contributed by atoms with Gasteiger partial charge in [0, 0.05) is 6.04 Å². The number of aromatic amines is 1. The van der Waals surface area contributed by atoms with Crippen molar-refractivity contribution in [2.45, 2.75) is 38.3 Å². The van der Waals surface area contributed by atoms with Gasteiger partial charge in [-0.25, -0.2) is 4.98 Å². The summed E-state index contributed by atoms with van der Waals surface area (Å²) in [6.45, 7) is 2.98. The summed E-state index contributed by atoms with van der Waals surface area (Å²) in [6, 6.07) is 9.31. The van der Waals surface area contributed by atoms with Gasteiger partial charge in [-0.1, -0.05) is 24.3 Å². The van der Waals surface area contributed by atoms with Crippen molar-refractivity contribution in [1.82, 2.24) is 20.5 Å². The Morgan fingerprint density at radius 3 is 2.89 bits per heavy atom. The molecule has 0 saturated heterocycles. The van der Waals surface area contributed by atoms with Gasteiger partial charge < -0.3 is 5.32 Å². The minimum Gasteiger partial charge on any atom is -0.307 e. The smallest absolute Gasteiger partial charge is 0.138 e. The van der Waals surface area contributed by atoms with Gasteiger partial charge >= 0.3 is 0 Å². The van der Waals surface area contributed by atoms with Crippen molar-refractivity contribution < 1.29 is 0 Å². The molecule has 0 bridgehead atoms.